The third-order valence-electron chi connectivity index (χ3n) is 15.4. The lowest BCUT2D eigenvalue weighted by Gasteiger charge is -3.32. The van der Waals surface area contributed by atoms with Crippen LogP contribution >= 0.6 is 0 Å². The van der Waals surface area contributed by atoms with Crippen LogP contribution in [-0.4, -0.2) is 0 Å². The molecule has 0 amide bonds. The van der Waals surface area contributed by atoms with Crippen molar-refractivity contribution in [1.29, 1.82) is 0 Å². The Morgan fingerprint density at radius 2 is 0.667 bits per heavy atom. The van der Waals surface area contributed by atoms with Crippen LogP contribution in [0.3, 0.4) is 0 Å². The van der Waals surface area contributed by atoms with Crippen LogP contribution in [0.4, 0.5) is 0 Å². The molecule has 6 saturated carbocycles. The molecule has 0 radical (unpaired) electrons. The zero-order chi connectivity index (χ0) is 25.1. The smallest absolute Gasteiger partial charge is 0.0130 e. The maximum absolute atomic E-state index is 2.61. The minimum atomic E-state index is 0. The second-order valence-electron chi connectivity index (χ2n) is 13.8. The Morgan fingerprint density at radius 1 is 0.361 bits per heavy atom. The molecule has 36 heavy (non-hydrogen) atoms. The lowest BCUT2D eigenvalue weighted by atomic mass is 8.71. The predicted octanol–water partition coefficient (Wildman–Crippen LogP) is 10.1. The first-order valence-corrected chi connectivity index (χ1v) is 13.6. The van der Waals surface area contributed by atoms with E-state index in [1.165, 1.54) is 27.8 Å². The van der Waals surface area contributed by atoms with Gasteiger partial charge in [0.15, 0.2) is 0 Å². The van der Waals surface area contributed by atoms with Gasteiger partial charge in [0.1, 0.15) is 0 Å². The van der Waals surface area contributed by atoms with E-state index in [4.69, 9.17) is 0 Å². The van der Waals surface area contributed by atoms with Gasteiger partial charge in [0.2, 0.25) is 0 Å². The van der Waals surface area contributed by atoms with E-state index in [1.807, 2.05) is 6.07 Å². The van der Waals surface area contributed by atoms with Gasteiger partial charge >= 0.3 is 0 Å². The molecule has 3 aromatic rings. The summed E-state index contributed by atoms with van der Waals surface area (Å²) in [6.45, 7) is 23.0. The number of rotatable bonds is 2. The van der Waals surface area contributed by atoms with Crippen molar-refractivity contribution in [3.63, 3.8) is 0 Å². The summed E-state index contributed by atoms with van der Waals surface area (Å²) in [4.78, 5) is 0. The van der Waals surface area contributed by atoms with Crippen molar-refractivity contribution in [2.24, 2.45) is 43.3 Å². The van der Waals surface area contributed by atoms with E-state index in [0.717, 1.165) is 0 Å². The lowest BCUT2D eigenvalue weighted by Crippen LogP contribution is -3.29. The average molecular weight is 477 g/mol. The molecular formula is C36H44. The lowest BCUT2D eigenvalue weighted by molar-refractivity contribution is -0.862. The highest BCUT2D eigenvalue weighted by Gasteiger charge is 3.29. The van der Waals surface area contributed by atoms with Gasteiger partial charge in [-0.2, -0.15) is 0 Å². The number of benzene rings is 3. The minimum absolute atomic E-state index is 0. The largest absolute Gasteiger partial charge is 0.0776 e. The molecule has 0 aliphatic heterocycles. The summed E-state index contributed by atoms with van der Waals surface area (Å²) in [6.07, 6.45) is 0. The predicted molar refractivity (Wildman–Crippen MR) is 154 cm³/mol. The molecule has 0 aromatic heterocycles. The summed E-state index contributed by atoms with van der Waals surface area (Å²) in [6, 6.07) is 27.9. The summed E-state index contributed by atoms with van der Waals surface area (Å²) in [7, 11) is 0. The summed E-state index contributed by atoms with van der Waals surface area (Å²) < 4.78 is 0. The van der Waals surface area contributed by atoms with Gasteiger partial charge in [0.05, 0.1) is 0 Å². The Hall–Kier alpha value is -2.34. The van der Waals surface area contributed by atoms with E-state index in [0.29, 0.717) is 43.3 Å². The summed E-state index contributed by atoms with van der Waals surface area (Å²) >= 11 is 0. The molecule has 6 aliphatic carbocycles. The maximum atomic E-state index is 2.61. The van der Waals surface area contributed by atoms with Crippen LogP contribution in [-0.2, 0) is 0 Å². The van der Waals surface area contributed by atoms with E-state index in [9.17, 15) is 0 Å². The Bertz CT molecular complexity index is 1200. The molecule has 9 rings (SSSR count). The first-order chi connectivity index (χ1) is 16.3. The van der Waals surface area contributed by atoms with Gasteiger partial charge in [-0.05, 0) is 78.6 Å². The summed E-state index contributed by atoms with van der Waals surface area (Å²) in [5.41, 5.74) is 11.5. The summed E-state index contributed by atoms with van der Waals surface area (Å²) in [5.74, 6) is 0. The molecule has 0 bridgehead atoms. The molecular weight excluding hydrogens is 432 g/mol. The molecule has 0 saturated heterocycles. The highest BCUT2D eigenvalue weighted by atomic mass is 15.3. The SMILES string of the molecule is C.CC12C3(C)C4(C)C1(C)C1(C)C2(C)C3(C)C41C.Cc1ccc(-c2cccc(-c3ccccc3)c2)cc1. The van der Waals surface area contributed by atoms with Gasteiger partial charge in [0.25, 0.3) is 0 Å². The third kappa shape index (κ3) is 1.48. The van der Waals surface area contributed by atoms with Gasteiger partial charge < -0.3 is 0 Å². The fourth-order valence-corrected chi connectivity index (χ4v) is 13.9. The second kappa shape index (κ2) is 6.03. The molecule has 0 unspecified atom stereocenters. The maximum Gasteiger partial charge on any atom is -0.0130 e. The first kappa shape index (κ1) is 24.0. The molecule has 0 spiro atoms. The standard InChI is InChI=1S/C19H16.C16H24.CH4/c1-15-10-12-17(13-11-15)19-9-5-8-18(14-19)16-6-3-2-4-7-16;1-9-10(2)13(5)11(9,3)15(7)12(9,4)14(10,6)16(13,15)8;/h2-14H,1H3;1-8H3;1H4. The van der Waals surface area contributed by atoms with Crippen LogP contribution in [0, 0.1) is 50.2 Å². The minimum Gasteiger partial charge on any atom is -0.0776 e. The van der Waals surface area contributed by atoms with Gasteiger partial charge in [-0.25, -0.2) is 0 Å². The Labute approximate surface area is 219 Å². The van der Waals surface area contributed by atoms with Crippen LogP contribution in [0.15, 0.2) is 78.9 Å². The van der Waals surface area contributed by atoms with Crippen molar-refractivity contribution in [3.8, 4) is 22.3 Å². The van der Waals surface area contributed by atoms with Gasteiger partial charge in [-0.3, -0.25) is 0 Å². The molecule has 0 nitrogen and oxygen atoms in total. The van der Waals surface area contributed by atoms with Crippen molar-refractivity contribution < 1.29 is 0 Å². The molecule has 3 aromatic carbocycles. The zero-order valence-electron chi connectivity index (χ0n) is 23.0. The molecule has 6 aliphatic rings. The molecule has 0 atom stereocenters. The van der Waals surface area contributed by atoms with E-state index in [-0.39, 0.29) is 7.43 Å². The Balaban J connectivity index is 0.000000131. The Morgan fingerprint density at radius 3 is 1.03 bits per heavy atom. The number of hydrogen-bond acceptors (Lipinski definition) is 0. The molecule has 0 N–H and O–H groups in total. The van der Waals surface area contributed by atoms with Crippen LogP contribution in [0.5, 0.6) is 0 Å². The van der Waals surface area contributed by atoms with Crippen molar-refractivity contribution in [2.45, 2.75) is 69.7 Å². The van der Waals surface area contributed by atoms with Crippen LogP contribution in [0.25, 0.3) is 22.3 Å². The van der Waals surface area contributed by atoms with Gasteiger partial charge in [-0.1, -0.05) is 141 Å². The van der Waals surface area contributed by atoms with Crippen molar-refractivity contribution in [1.82, 2.24) is 0 Å². The average Bonchev–Trinajstić information content (AvgIpc) is 2.89. The highest BCUT2D eigenvalue weighted by Crippen LogP contribution is 3.32. The third-order valence-corrected chi connectivity index (χ3v) is 15.4. The van der Waals surface area contributed by atoms with Gasteiger partial charge in [-0.15, -0.1) is 0 Å². The van der Waals surface area contributed by atoms with Crippen LogP contribution in [0.2, 0.25) is 0 Å². The molecule has 0 heterocycles. The van der Waals surface area contributed by atoms with Crippen molar-refractivity contribution in [3.05, 3.63) is 84.4 Å². The number of aryl methyl sites for hydroxylation is 1. The van der Waals surface area contributed by atoms with Gasteiger partial charge in [0, 0.05) is 0 Å². The second-order valence-corrected chi connectivity index (χ2v) is 13.8. The zero-order valence-corrected chi connectivity index (χ0v) is 23.0. The van der Waals surface area contributed by atoms with E-state index in [1.54, 1.807) is 0 Å². The van der Waals surface area contributed by atoms with E-state index >= 15 is 0 Å². The van der Waals surface area contributed by atoms with Crippen LogP contribution in [0.1, 0.15) is 68.4 Å². The fraction of sp³-hybridized carbons (Fsp3) is 0.500. The van der Waals surface area contributed by atoms with Crippen LogP contribution < -0.4 is 0 Å². The number of hydrogen-bond donors (Lipinski definition) is 0. The quantitative estimate of drug-likeness (QED) is 0.345. The fourth-order valence-electron chi connectivity index (χ4n) is 13.9. The first-order valence-electron chi connectivity index (χ1n) is 13.6. The van der Waals surface area contributed by atoms with Crippen molar-refractivity contribution >= 4 is 0 Å². The molecule has 188 valence electrons. The monoisotopic (exact) mass is 476 g/mol. The summed E-state index contributed by atoms with van der Waals surface area (Å²) in [5, 5.41) is 0. The topological polar surface area (TPSA) is 0 Å². The molecule has 6 fully saturated rings. The van der Waals surface area contributed by atoms with E-state index in [2.05, 4.69) is 135 Å². The van der Waals surface area contributed by atoms with E-state index < -0.39 is 0 Å². The Kier molecular flexibility index (Phi) is 4.03. The molecule has 0 heteroatoms. The highest BCUT2D eigenvalue weighted by molar-refractivity contribution is 5.76. The van der Waals surface area contributed by atoms with Crippen molar-refractivity contribution in [2.75, 3.05) is 0 Å². The normalized spacial score (nSPS) is 48.8.